The number of amides is 1. The summed E-state index contributed by atoms with van der Waals surface area (Å²) in [6.07, 6.45) is 0.283. The van der Waals surface area contributed by atoms with E-state index in [0.29, 0.717) is 10.4 Å². The van der Waals surface area contributed by atoms with Crippen molar-refractivity contribution in [3.63, 3.8) is 0 Å². The van der Waals surface area contributed by atoms with Crippen molar-refractivity contribution in [2.75, 3.05) is 13.2 Å². The minimum absolute atomic E-state index is 0.0326. The average molecular weight is 387 g/mol. The highest BCUT2D eigenvalue weighted by Gasteiger charge is 2.28. The predicted molar refractivity (Wildman–Crippen MR) is 110 cm³/mol. The van der Waals surface area contributed by atoms with Gasteiger partial charge in [0.15, 0.2) is 6.29 Å². The van der Waals surface area contributed by atoms with E-state index in [1.54, 1.807) is 6.07 Å². The molecule has 0 aliphatic heterocycles. The lowest BCUT2D eigenvalue weighted by molar-refractivity contribution is 0.112. The fraction of sp³-hybridized carbons (Fsp3) is 0.130. The first-order chi connectivity index (χ1) is 13.8. The number of thiophene rings is 1. The van der Waals surface area contributed by atoms with Gasteiger partial charge in [-0.25, -0.2) is 4.79 Å². The Labute approximate surface area is 167 Å². The standard InChI is InChI=1S/C23H17NO3S/c25-14-22-16(11-13-28-22)6-5-12-24-23(26)27-15-21-19-9-3-1-7-17(19)18-8-2-4-10-20(18)21/h1-4,7-11,13-14,21H,12,15H2,(H,24,26). The van der Waals surface area contributed by atoms with E-state index in [1.807, 2.05) is 29.6 Å². The zero-order valence-electron chi connectivity index (χ0n) is 15.0. The summed E-state index contributed by atoms with van der Waals surface area (Å²) in [6.45, 7) is 0.428. The van der Waals surface area contributed by atoms with Crippen LogP contribution in [0.2, 0.25) is 0 Å². The lowest BCUT2D eigenvalue weighted by atomic mass is 9.98. The molecule has 2 aromatic carbocycles. The number of alkyl carbamates (subject to hydrolysis) is 1. The summed E-state index contributed by atoms with van der Waals surface area (Å²) in [7, 11) is 0. The van der Waals surface area contributed by atoms with Crippen molar-refractivity contribution in [3.8, 4) is 23.0 Å². The molecule has 5 heteroatoms. The molecule has 1 aliphatic rings. The molecule has 4 nitrogen and oxygen atoms in total. The number of carbonyl (C=O) groups is 2. The molecule has 28 heavy (non-hydrogen) atoms. The van der Waals surface area contributed by atoms with Gasteiger partial charge in [0, 0.05) is 11.5 Å². The molecule has 0 radical (unpaired) electrons. The van der Waals surface area contributed by atoms with Crippen LogP contribution in [-0.2, 0) is 4.74 Å². The Hall–Kier alpha value is -3.36. The number of hydrogen-bond acceptors (Lipinski definition) is 4. The third kappa shape index (κ3) is 3.55. The molecular formula is C23H17NO3S. The van der Waals surface area contributed by atoms with Gasteiger partial charge in [0.2, 0.25) is 0 Å². The summed E-state index contributed by atoms with van der Waals surface area (Å²) >= 11 is 1.34. The summed E-state index contributed by atoms with van der Waals surface area (Å²) in [4.78, 5) is 23.5. The largest absolute Gasteiger partial charge is 0.449 e. The molecule has 1 N–H and O–H groups in total. The Morgan fingerprint density at radius 2 is 1.75 bits per heavy atom. The van der Waals surface area contributed by atoms with Crippen LogP contribution in [0.5, 0.6) is 0 Å². The normalized spacial score (nSPS) is 11.7. The van der Waals surface area contributed by atoms with Crippen LogP contribution in [0, 0.1) is 11.8 Å². The van der Waals surface area contributed by atoms with Gasteiger partial charge in [0.1, 0.15) is 6.61 Å². The number of fused-ring (bicyclic) bond motifs is 3. The zero-order valence-corrected chi connectivity index (χ0v) is 15.8. The summed E-state index contributed by atoms with van der Waals surface area (Å²) in [6, 6.07) is 18.2. The highest BCUT2D eigenvalue weighted by Crippen LogP contribution is 2.44. The second-order valence-corrected chi connectivity index (χ2v) is 7.24. The second kappa shape index (κ2) is 8.12. The number of rotatable bonds is 4. The molecule has 0 saturated carbocycles. The predicted octanol–water partition coefficient (Wildman–Crippen LogP) is 4.45. The maximum absolute atomic E-state index is 12.1. The number of ether oxygens (including phenoxy) is 1. The van der Waals surface area contributed by atoms with E-state index in [2.05, 4.69) is 41.4 Å². The van der Waals surface area contributed by atoms with Gasteiger partial charge >= 0.3 is 6.09 Å². The van der Waals surface area contributed by atoms with Crippen LogP contribution in [0.4, 0.5) is 4.79 Å². The molecule has 0 unspecified atom stereocenters. The van der Waals surface area contributed by atoms with Crippen LogP contribution >= 0.6 is 11.3 Å². The van der Waals surface area contributed by atoms with Crippen molar-refractivity contribution < 1.29 is 14.3 Å². The summed E-state index contributed by atoms with van der Waals surface area (Å²) in [5.41, 5.74) is 5.42. The quantitative estimate of drug-likeness (QED) is 0.531. The minimum Gasteiger partial charge on any atom is -0.449 e. The van der Waals surface area contributed by atoms with Crippen molar-refractivity contribution in [2.45, 2.75) is 5.92 Å². The van der Waals surface area contributed by atoms with Gasteiger partial charge in [0.05, 0.1) is 11.4 Å². The van der Waals surface area contributed by atoms with E-state index in [1.165, 1.54) is 33.6 Å². The Morgan fingerprint density at radius 1 is 1.07 bits per heavy atom. The van der Waals surface area contributed by atoms with Gasteiger partial charge in [-0.05, 0) is 33.7 Å². The monoisotopic (exact) mass is 387 g/mol. The van der Waals surface area contributed by atoms with Gasteiger partial charge in [-0.15, -0.1) is 11.3 Å². The van der Waals surface area contributed by atoms with Crippen LogP contribution in [0.25, 0.3) is 11.1 Å². The van der Waals surface area contributed by atoms with Gasteiger partial charge in [-0.3, -0.25) is 4.79 Å². The van der Waals surface area contributed by atoms with E-state index < -0.39 is 6.09 Å². The molecule has 3 aromatic rings. The van der Waals surface area contributed by atoms with Crippen LogP contribution in [0.15, 0.2) is 60.0 Å². The summed E-state index contributed by atoms with van der Waals surface area (Å²) < 4.78 is 5.45. The first-order valence-electron chi connectivity index (χ1n) is 8.88. The van der Waals surface area contributed by atoms with Crippen LogP contribution in [0.1, 0.15) is 32.3 Å². The molecule has 4 rings (SSSR count). The average Bonchev–Trinajstić information content (AvgIpc) is 3.32. The van der Waals surface area contributed by atoms with Crippen LogP contribution in [-0.4, -0.2) is 25.5 Å². The molecule has 138 valence electrons. The van der Waals surface area contributed by atoms with Crippen molar-refractivity contribution in [1.29, 1.82) is 0 Å². The first-order valence-corrected chi connectivity index (χ1v) is 9.76. The van der Waals surface area contributed by atoms with Crippen LogP contribution < -0.4 is 5.32 Å². The van der Waals surface area contributed by atoms with Crippen molar-refractivity contribution >= 4 is 23.7 Å². The third-order valence-electron chi connectivity index (χ3n) is 4.69. The van der Waals surface area contributed by atoms with Gasteiger partial charge < -0.3 is 10.1 Å². The van der Waals surface area contributed by atoms with E-state index in [0.717, 1.165) is 6.29 Å². The second-order valence-electron chi connectivity index (χ2n) is 6.30. The molecule has 1 amide bonds. The molecule has 0 spiro atoms. The molecule has 0 atom stereocenters. The summed E-state index contributed by atoms with van der Waals surface area (Å²) in [5.74, 6) is 5.75. The Bertz CT molecular complexity index is 1040. The SMILES string of the molecule is O=Cc1sccc1C#CCNC(=O)OCC1c2ccccc2-c2ccccc21. The third-order valence-corrected chi connectivity index (χ3v) is 5.53. The molecular weight excluding hydrogens is 370 g/mol. The van der Waals surface area contributed by atoms with E-state index >= 15 is 0 Å². The molecule has 1 aromatic heterocycles. The zero-order chi connectivity index (χ0) is 19.3. The highest BCUT2D eigenvalue weighted by molar-refractivity contribution is 7.11. The Kier molecular flexibility index (Phi) is 5.22. The van der Waals surface area contributed by atoms with Crippen molar-refractivity contribution in [1.82, 2.24) is 5.32 Å². The van der Waals surface area contributed by atoms with Gasteiger partial charge in [0.25, 0.3) is 0 Å². The number of benzene rings is 2. The van der Waals surface area contributed by atoms with E-state index in [4.69, 9.17) is 4.74 Å². The topological polar surface area (TPSA) is 55.4 Å². The minimum atomic E-state index is -0.503. The van der Waals surface area contributed by atoms with E-state index in [9.17, 15) is 9.59 Å². The number of aldehydes is 1. The van der Waals surface area contributed by atoms with E-state index in [-0.39, 0.29) is 19.1 Å². The van der Waals surface area contributed by atoms with Gasteiger partial charge in [-0.2, -0.15) is 0 Å². The van der Waals surface area contributed by atoms with Crippen LogP contribution in [0.3, 0.4) is 0 Å². The molecule has 1 aliphatic carbocycles. The fourth-order valence-corrected chi connectivity index (χ4v) is 4.07. The van der Waals surface area contributed by atoms with Crippen molar-refractivity contribution in [2.24, 2.45) is 0 Å². The number of carbonyl (C=O) groups excluding carboxylic acids is 2. The first kappa shape index (κ1) is 18.0. The smallest absolute Gasteiger partial charge is 0.407 e. The van der Waals surface area contributed by atoms with Gasteiger partial charge in [-0.1, -0.05) is 60.4 Å². The Balaban J connectivity index is 1.36. The lowest BCUT2D eigenvalue weighted by Crippen LogP contribution is -2.26. The molecule has 1 heterocycles. The fourth-order valence-electron chi connectivity index (χ4n) is 3.42. The maximum atomic E-state index is 12.1. The number of hydrogen-bond donors (Lipinski definition) is 1. The summed E-state index contributed by atoms with van der Waals surface area (Å²) in [5, 5.41) is 4.45. The van der Waals surface area contributed by atoms with Crippen molar-refractivity contribution in [3.05, 3.63) is 81.5 Å². The number of nitrogens with one attached hydrogen (secondary N) is 1. The lowest BCUT2D eigenvalue weighted by Gasteiger charge is -2.14. The molecule has 0 bridgehead atoms. The maximum Gasteiger partial charge on any atom is 0.407 e. The highest BCUT2D eigenvalue weighted by atomic mass is 32.1. The molecule has 0 fully saturated rings. The molecule has 0 saturated heterocycles. The Morgan fingerprint density at radius 3 is 2.43 bits per heavy atom.